The molecule has 0 spiro atoms. The SMILES string of the molecule is COc1ccc(CCNc2cnc(C(=O)N3CCN(C(C)=O)CC3)cn2)cc1. The van der Waals surface area contributed by atoms with Crippen LogP contribution >= 0.6 is 0 Å². The van der Waals surface area contributed by atoms with Crippen molar-refractivity contribution in [1.82, 2.24) is 19.8 Å². The highest BCUT2D eigenvalue weighted by atomic mass is 16.5. The number of ether oxygens (including phenoxy) is 1. The van der Waals surface area contributed by atoms with E-state index in [9.17, 15) is 9.59 Å². The molecule has 1 saturated heterocycles. The molecule has 8 heteroatoms. The molecule has 1 fully saturated rings. The Morgan fingerprint density at radius 2 is 1.71 bits per heavy atom. The highest BCUT2D eigenvalue weighted by Crippen LogP contribution is 2.12. The molecule has 148 valence electrons. The second kappa shape index (κ2) is 9.16. The Bertz CT molecular complexity index is 800. The predicted octanol–water partition coefficient (Wildman–Crippen LogP) is 1.44. The lowest BCUT2D eigenvalue weighted by atomic mass is 10.1. The zero-order valence-corrected chi connectivity index (χ0v) is 16.2. The lowest BCUT2D eigenvalue weighted by molar-refractivity contribution is -0.130. The summed E-state index contributed by atoms with van der Waals surface area (Å²) in [7, 11) is 1.65. The lowest BCUT2D eigenvalue weighted by Gasteiger charge is -2.33. The maximum absolute atomic E-state index is 12.5. The first-order valence-corrected chi connectivity index (χ1v) is 9.30. The highest BCUT2D eigenvalue weighted by molar-refractivity contribution is 5.92. The Balaban J connectivity index is 1.47. The summed E-state index contributed by atoms with van der Waals surface area (Å²) < 4.78 is 5.15. The molecule has 0 radical (unpaired) electrons. The molecular formula is C20H25N5O3. The summed E-state index contributed by atoms with van der Waals surface area (Å²) in [6.07, 6.45) is 3.91. The van der Waals surface area contributed by atoms with Crippen molar-refractivity contribution in [3.05, 3.63) is 47.9 Å². The van der Waals surface area contributed by atoms with E-state index in [2.05, 4.69) is 15.3 Å². The summed E-state index contributed by atoms with van der Waals surface area (Å²) in [6.45, 7) is 4.40. The van der Waals surface area contributed by atoms with Crippen molar-refractivity contribution < 1.29 is 14.3 Å². The zero-order chi connectivity index (χ0) is 19.9. The largest absolute Gasteiger partial charge is 0.497 e. The second-order valence-corrected chi connectivity index (χ2v) is 6.61. The third kappa shape index (κ3) is 4.97. The third-order valence-corrected chi connectivity index (χ3v) is 4.76. The molecule has 1 aliphatic heterocycles. The summed E-state index contributed by atoms with van der Waals surface area (Å²) in [5, 5.41) is 3.21. The highest BCUT2D eigenvalue weighted by Gasteiger charge is 2.24. The Kier molecular flexibility index (Phi) is 6.41. The van der Waals surface area contributed by atoms with E-state index in [1.165, 1.54) is 11.8 Å². The van der Waals surface area contributed by atoms with Gasteiger partial charge in [-0.3, -0.25) is 9.59 Å². The van der Waals surface area contributed by atoms with Crippen LogP contribution in [0.4, 0.5) is 5.82 Å². The van der Waals surface area contributed by atoms with Crippen LogP contribution in [0.5, 0.6) is 5.75 Å². The molecule has 0 aliphatic carbocycles. The first-order valence-electron chi connectivity index (χ1n) is 9.30. The number of piperazine rings is 1. The van der Waals surface area contributed by atoms with E-state index in [1.807, 2.05) is 24.3 Å². The molecule has 1 aliphatic rings. The van der Waals surface area contributed by atoms with E-state index in [-0.39, 0.29) is 11.8 Å². The van der Waals surface area contributed by atoms with E-state index >= 15 is 0 Å². The van der Waals surface area contributed by atoms with Crippen LogP contribution in [0.1, 0.15) is 23.0 Å². The zero-order valence-electron chi connectivity index (χ0n) is 16.2. The molecular weight excluding hydrogens is 358 g/mol. The van der Waals surface area contributed by atoms with Gasteiger partial charge in [0.25, 0.3) is 5.91 Å². The first kappa shape index (κ1) is 19.6. The van der Waals surface area contributed by atoms with Crippen molar-refractivity contribution in [2.45, 2.75) is 13.3 Å². The number of nitrogens with one attached hydrogen (secondary N) is 1. The molecule has 1 aromatic carbocycles. The maximum Gasteiger partial charge on any atom is 0.274 e. The lowest BCUT2D eigenvalue weighted by Crippen LogP contribution is -2.50. The minimum absolute atomic E-state index is 0.0388. The molecule has 2 heterocycles. The standard InChI is InChI=1S/C20H25N5O3/c1-15(26)24-9-11-25(12-10-24)20(27)18-13-23-19(14-22-18)21-8-7-16-3-5-17(28-2)6-4-16/h3-6,13-14H,7-12H2,1-2H3,(H,21,23). The number of hydrogen-bond donors (Lipinski definition) is 1. The second-order valence-electron chi connectivity index (χ2n) is 6.61. The van der Waals surface area contributed by atoms with Gasteiger partial charge in [-0.15, -0.1) is 0 Å². The summed E-state index contributed by atoms with van der Waals surface area (Å²) >= 11 is 0. The number of methoxy groups -OCH3 is 1. The van der Waals surface area contributed by atoms with Crippen LogP contribution in [0.25, 0.3) is 0 Å². The predicted molar refractivity (Wildman–Crippen MR) is 105 cm³/mol. The fourth-order valence-corrected chi connectivity index (χ4v) is 3.04. The smallest absolute Gasteiger partial charge is 0.274 e. The van der Waals surface area contributed by atoms with Gasteiger partial charge >= 0.3 is 0 Å². The van der Waals surface area contributed by atoms with E-state index in [0.717, 1.165) is 12.2 Å². The maximum atomic E-state index is 12.5. The number of rotatable bonds is 6. The average molecular weight is 383 g/mol. The third-order valence-electron chi connectivity index (χ3n) is 4.76. The van der Waals surface area contributed by atoms with Crippen LogP contribution in [0.3, 0.4) is 0 Å². The fourth-order valence-electron chi connectivity index (χ4n) is 3.04. The van der Waals surface area contributed by atoms with Crippen molar-refractivity contribution in [2.75, 3.05) is 45.2 Å². The Morgan fingerprint density at radius 3 is 2.29 bits per heavy atom. The van der Waals surface area contributed by atoms with E-state index in [1.54, 1.807) is 30.0 Å². The van der Waals surface area contributed by atoms with Crippen LogP contribution in [-0.4, -0.2) is 71.4 Å². The summed E-state index contributed by atoms with van der Waals surface area (Å²) in [5.41, 5.74) is 1.51. The van der Waals surface area contributed by atoms with E-state index in [0.29, 0.717) is 44.2 Å². The molecule has 2 aromatic rings. The molecule has 2 amide bonds. The normalized spacial score (nSPS) is 13.9. The Labute approximate surface area is 164 Å². The Morgan fingerprint density at radius 1 is 1.04 bits per heavy atom. The van der Waals surface area contributed by atoms with Gasteiger partial charge in [0.1, 0.15) is 17.3 Å². The van der Waals surface area contributed by atoms with Crippen LogP contribution in [-0.2, 0) is 11.2 Å². The monoisotopic (exact) mass is 383 g/mol. The summed E-state index contributed by atoms with van der Waals surface area (Å²) in [6, 6.07) is 7.93. The number of benzene rings is 1. The van der Waals surface area contributed by atoms with Gasteiger partial charge in [0.15, 0.2) is 0 Å². The fraction of sp³-hybridized carbons (Fsp3) is 0.400. The van der Waals surface area contributed by atoms with Gasteiger partial charge in [0.2, 0.25) is 5.91 Å². The molecule has 0 atom stereocenters. The number of aromatic nitrogens is 2. The van der Waals surface area contributed by atoms with Crippen molar-refractivity contribution >= 4 is 17.6 Å². The number of amides is 2. The van der Waals surface area contributed by atoms with Gasteiger partial charge in [-0.1, -0.05) is 12.1 Å². The molecule has 1 aromatic heterocycles. The van der Waals surface area contributed by atoms with Crippen LogP contribution in [0, 0.1) is 0 Å². The average Bonchev–Trinajstić information content (AvgIpc) is 2.74. The summed E-state index contributed by atoms with van der Waals surface area (Å²) in [5.74, 6) is 1.36. The van der Waals surface area contributed by atoms with Crippen molar-refractivity contribution in [2.24, 2.45) is 0 Å². The molecule has 28 heavy (non-hydrogen) atoms. The minimum atomic E-state index is -0.152. The van der Waals surface area contributed by atoms with E-state index < -0.39 is 0 Å². The number of anilines is 1. The molecule has 0 saturated carbocycles. The molecule has 3 rings (SSSR count). The molecule has 8 nitrogen and oxygen atoms in total. The molecule has 0 bridgehead atoms. The minimum Gasteiger partial charge on any atom is -0.497 e. The molecule has 0 unspecified atom stereocenters. The van der Waals surface area contributed by atoms with Crippen molar-refractivity contribution in [1.29, 1.82) is 0 Å². The van der Waals surface area contributed by atoms with Crippen LogP contribution < -0.4 is 10.1 Å². The molecule has 1 N–H and O–H groups in total. The van der Waals surface area contributed by atoms with Gasteiger partial charge in [0.05, 0.1) is 19.5 Å². The summed E-state index contributed by atoms with van der Waals surface area (Å²) in [4.78, 5) is 35.9. The van der Waals surface area contributed by atoms with Gasteiger partial charge in [-0.25, -0.2) is 9.97 Å². The number of nitrogens with zero attached hydrogens (tertiary/aromatic N) is 4. The van der Waals surface area contributed by atoms with Crippen molar-refractivity contribution in [3.63, 3.8) is 0 Å². The van der Waals surface area contributed by atoms with Crippen LogP contribution in [0.2, 0.25) is 0 Å². The van der Waals surface area contributed by atoms with Gasteiger partial charge in [0, 0.05) is 39.6 Å². The van der Waals surface area contributed by atoms with Crippen molar-refractivity contribution in [3.8, 4) is 5.75 Å². The van der Waals surface area contributed by atoms with Crippen LogP contribution in [0.15, 0.2) is 36.7 Å². The Hall–Kier alpha value is -3.16. The first-order chi connectivity index (χ1) is 13.6. The number of carbonyl (C=O) groups is 2. The topological polar surface area (TPSA) is 87.7 Å². The van der Waals surface area contributed by atoms with Gasteiger partial charge in [-0.05, 0) is 24.1 Å². The quantitative estimate of drug-likeness (QED) is 0.812. The number of hydrogen-bond acceptors (Lipinski definition) is 6. The number of carbonyl (C=O) groups excluding carboxylic acids is 2. The van der Waals surface area contributed by atoms with Gasteiger partial charge < -0.3 is 19.9 Å². The van der Waals surface area contributed by atoms with Gasteiger partial charge in [-0.2, -0.15) is 0 Å². The van der Waals surface area contributed by atoms with E-state index in [4.69, 9.17) is 4.74 Å².